The van der Waals surface area contributed by atoms with Crippen molar-refractivity contribution in [2.24, 2.45) is 0 Å². The Morgan fingerprint density at radius 3 is 2.00 bits per heavy atom. The molecule has 2 atom stereocenters. The van der Waals surface area contributed by atoms with Crippen LogP contribution in [0.4, 0.5) is 4.79 Å². The second-order valence-corrected chi connectivity index (χ2v) is 7.57. The molecule has 1 N–H and O–H groups in total. The third-order valence-corrected chi connectivity index (χ3v) is 4.49. The Hall–Kier alpha value is -1.79. The summed E-state index contributed by atoms with van der Waals surface area (Å²) in [6, 6.07) is -1.40. The molecule has 2 unspecified atom stereocenters. The average Bonchev–Trinajstić information content (AvgIpc) is 2.52. The van der Waals surface area contributed by atoms with Crippen molar-refractivity contribution in [3.8, 4) is 0 Å². The van der Waals surface area contributed by atoms with Crippen LogP contribution in [0.5, 0.6) is 0 Å². The number of rotatable bonds is 2. The summed E-state index contributed by atoms with van der Waals surface area (Å²) < 4.78 is 5.42. The minimum Gasteiger partial charge on any atom is -0.480 e. The van der Waals surface area contributed by atoms with E-state index < -0.39 is 29.7 Å². The number of ether oxygens (including phenoxy) is 1. The molecule has 2 heterocycles. The molecule has 2 rings (SSSR count). The summed E-state index contributed by atoms with van der Waals surface area (Å²) in [5, 5.41) is 9.38. The fourth-order valence-corrected chi connectivity index (χ4v) is 3.37. The minimum atomic E-state index is -0.970. The largest absolute Gasteiger partial charge is 0.480 e. The lowest BCUT2D eigenvalue weighted by Crippen LogP contribution is -2.58. The first kappa shape index (κ1) is 18.5. The molecule has 0 aromatic rings. The molecule has 7 heteroatoms. The topological polar surface area (TPSA) is 87.2 Å². The number of carbonyl (C=O) groups excluding carboxylic acids is 2. The SMILES string of the molecule is CC(C)(C)OC(=O)N1CCCCC1C(=O)N1CCCCC1C(=O)O. The molecule has 0 aromatic carbocycles. The van der Waals surface area contributed by atoms with Crippen molar-refractivity contribution in [1.82, 2.24) is 9.80 Å². The first-order chi connectivity index (χ1) is 11.2. The number of amides is 2. The van der Waals surface area contributed by atoms with E-state index in [9.17, 15) is 19.5 Å². The Balaban J connectivity index is 2.15. The highest BCUT2D eigenvalue weighted by Gasteiger charge is 2.41. The monoisotopic (exact) mass is 340 g/mol. The number of piperidine rings is 2. The summed E-state index contributed by atoms with van der Waals surface area (Å²) in [6.07, 6.45) is 3.81. The molecular weight excluding hydrogens is 312 g/mol. The molecule has 24 heavy (non-hydrogen) atoms. The zero-order valence-electron chi connectivity index (χ0n) is 14.8. The Bertz CT molecular complexity index is 500. The van der Waals surface area contributed by atoms with E-state index in [1.165, 1.54) is 9.80 Å². The third-order valence-electron chi connectivity index (χ3n) is 4.49. The number of carboxylic acid groups (broad SMARTS) is 1. The van der Waals surface area contributed by atoms with E-state index in [1.807, 2.05) is 0 Å². The zero-order valence-corrected chi connectivity index (χ0v) is 14.8. The van der Waals surface area contributed by atoms with Gasteiger partial charge in [0.2, 0.25) is 5.91 Å². The van der Waals surface area contributed by atoms with Gasteiger partial charge in [-0.25, -0.2) is 9.59 Å². The van der Waals surface area contributed by atoms with Crippen molar-refractivity contribution in [2.45, 2.75) is 77.0 Å². The quantitative estimate of drug-likeness (QED) is 0.833. The number of likely N-dealkylation sites (tertiary alicyclic amines) is 2. The molecule has 136 valence electrons. The predicted octanol–water partition coefficient (Wildman–Crippen LogP) is 2.24. The maximum absolute atomic E-state index is 13.0. The molecule has 0 radical (unpaired) electrons. The highest BCUT2D eigenvalue weighted by molar-refractivity contribution is 5.89. The van der Waals surface area contributed by atoms with Crippen molar-refractivity contribution >= 4 is 18.0 Å². The predicted molar refractivity (Wildman–Crippen MR) is 87.6 cm³/mol. The van der Waals surface area contributed by atoms with Crippen LogP contribution >= 0.6 is 0 Å². The van der Waals surface area contributed by atoms with Gasteiger partial charge in [0.05, 0.1) is 0 Å². The van der Waals surface area contributed by atoms with E-state index in [4.69, 9.17) is 4.74 Å². The van der Waals surface area contributed by atoms with E-state index in [0.717, 1.165) is 25.7 Å². The van der Waals surface area contributed by atoms with E-state index >= 15 is 0 Å². The van der Waals surface area contributed by atoms with Crippen molar-refractivity contribution < 1.29 is 24.2 Å². The molecule has 0 saturated carbocycles. The van der Waals surface area contributed by atoms with Crippen LogP contribution in [0.3, 0.4) is 0 Å². The smallest absolute Gasteiger partial charge is 0.410 e. The molecule has 0 spiro atoms. The van der Waals surface area contributed by atoms with Gasteiger partial charge in [0.15, 0.2) is 0 Å². The standard InChI is InChI=1S/C17H28N2O5/c1-17(2,3)24-16(23)19-11-7-4-8-12(19)14(20)18-10-6-5-9-13(18)15(21)22/h12-13H,4-11H2,1-3H3,(H,21,22). The molecule has 0 aromatic heterocycles. The van der Waals surface area contributed by atoms with Crippen molar-refractivity contribution in [1.29, 1.82) is 0 Å². The number of carboxylic acids is 1. The Kier molecular flexibility index (Phi) is 5.72. The van der Waals surface area contributed by atoms with E-state index in [2.05, 4.69) is 0 Å². The number of hydrogen-bond acceptors (Lipinski definition) is 4. The van der Waals surface area contributed by atoms with Crippen LogP contribution in [0.25, 0.3) is 0 Å². The summed E-state index contributed by atoms with van der Waals surface area (Å²) >= 11 is 0. The Morgan fingerprint density at radius 2 is 1.46 bits per heavy atom. The van der Waals surface area contributed by atoms with Gasteiger partial charge in [-0.2, -0.15) is 0 Å². The fraction of sp³-hybridized carbons (Fsp3) is 0.824. The van der Waals surface area contributed by atoms with Crippen LogP contribution in [0, 0.1) is 0 Å². The molecule has 2 saturated heterocycles. The van der Waals surface area contributed by atoms with Gasteiger partial charge in [-0.3, -0.25) is 9.69 Å². The molecule has 2 aliphatic rings. The van der Waals surface area contributed by atoms with Crippen LogP contribution in [0.2, 0.25) is 0 Å². The molecule has 2 aliphatic heterocycles. The minimum absolute atomic E-state index is 0.257. The van der Waals surface area contributed by atoms with Gasteiger partial charge in [-0.05, 0) is 59.3 Å². The first-order valence-electron chi connectivity index (χ1n) is 8.73. The van der Waals surface area contributed by atoms with Gasteiger partial charge < -0.3 is 14.7 Å². The van der Waals surface area contributed by atoms with Crippen molar-refractivity contribution in [3.05, 3.63) is 0 Å². The van der Waals surface area contributed by atoms with Crippen LogP contribution in [0.1, 0.15) is 59.3 Å². The van der Waals surface area contributed by atoms with Crippen LogP contribution < -0.4 is 0 Å². The van der Waals surface area contributed by atoms with E-state index in [0.29, 0.717) is 25.9 Å². The molecular formula is C17H28N2O5. The van der Waals surface area contributed by atoms with Gasteiger partial charge in [-0.15, -0.1) is 0 Å². The number of carbonyl (C=O) groups is 3. The van der Waals surface area contributed by atoms with E-state index in [-0.39, 0.29) is 5.91 Å². The van der Waals surface area contributed by atoms with Gasteiger partial charge in [0.1, 0.15) is 17.7 Å². The van der Waals surface area contributed by atoms with Gasteiger partial charge in [0, 0.05) is 13.1 Å². The lowest BCUT2D eigenvalue weighted by Gasteiger charge is -2.41. The molecule has 2 fully saturated rings. The lowest BCUT2D eigenvalue weighted by molar-refractivity contribution is -0.155. The van der Waals surface area contributed by atoms with Crippen LogP contribution in [-0.2, 0) is 14.3 Å². The molecule has 2 amide bonds. The normalized spacial score (nSPS) is 25.3. The summed E-state index contributed by atoms with van der Waals surface area (Å²) in [5.41, 5.74) is -0.628. The Labute approximate surface area is 142 Å². The molecule has 0 bridgehead atoms. The highest BCUT2D eigenvalue weighted by atomic mass is 16.6. The van der Waals surface area contributed by atoms with Gasteiger partial charge in [0.25, 0.3) is 0 Å². The highest BCUT2D eigenvalue weighted by Crippen LogP contribution is 2.25. The maximum atomic E-state index is 13.0. The fourth-order valence-electron chi connectivity index (χ4n) is 3.37. The second-order valence-electron chi connectivity index (χ2n) is 7.57. The number of aliphatic carboxylic acids is 1. The molecule has 0 aliphatic carbocycles. The summed E-state index contributed by atoms with van der Waals surface area (Å²) in [5.74, 6) is -1.23. The van der Waals surface area contributed by atoms with Crippen LogP contribution in [-0.4, -0.2) is 63.7 Å². The summed E-state index contributed by atoms with van der Waals surface area (Å²) in [7, 11) is 0. The summed E-state index contributed by atoms with van der Waals surface area (Å²) in [6.45, 7) is 6.27. The van der Waals surface area contributed by atoms with Gasteiger partial charge >= 0.3 is 12.1 Å². The third kappa shape index (κ3) is 4.39. The average molecular weight is 340 g/mol. The van der Waals surface area contributed by atoms with Crippen molar-refractivity contribution in [3.63, 3.8) is 0 Å². The van der Waals surface area contributed by atoms with Crippen LogP contribution in [0.15, 0.2) is 0 Å². The zero-order chi connectivity index (χ0) is 17.9. The number of hydrogen-bond donors (Lipinski definition) is 1. The second kappa shape index (κ2) is 7.40. The maximum Gasteiger partial charge on any atom is 0.410 e. The first-order valence-corrected chi connectivity index (χ1v) is 8.73. The Morgan fingerprint density at radius 1 is 0.917 bits per heavy atom. The number of nitrogens with zero attached hydrogens (tertiary/aromatic N) is 2. The lowest BCUT2D eigenvalue weighted by atomic mass is 9.97. The molecule has 7 nitrogen and oxygen atoms in total. The van der Waals surface area contributed by atoms with Gasteiger partial charge in [-0.1, -0.05) is 0 Å². The summed E-state index contributed by atoms with van der Waals surface area (Å²) in [4.78, 5) is 39.8. The van der Waals surface area contributed by atoms with Crippen molar-refractivity contribution in [2.75, 3.05) is 13.1 Å². The van der Waals surface area contributed by atoms with E-state index in [1.54, 1.807) is 20.8 Å².